The number of aromatic nitrogens is 3. The van der Waals surface area contributed by atoms with Gasteiger partial charge in [0.15, 0.2) is 0 Å². The molecule has 106 valence electrons. The van der Waals surface area contributed by atoms with E-state index < -0.39 is 0 Å². The second-order valence-electron chi connectivity index (χ2n) is 4.52. The first-order chi connectivity index (χ1) is 9.29. The number of carbonyl (C=O) groups is 1. The van der Waals surface area contributed by atoms with Gasteiger partial charge < -0.3 is 14.6 Å². The predicted molar refractivity (Wildman–Crippen MR) is 69.7 cm³/mol. The van der Waals surface area contributed by atoms with E-state index in [1.165, 1.54) is 0 Å². The van der Waals surface area contributed by atoms with E-state index in [-0.39, 0.29) is 5.91 Å². The average Bonchev–Trinajstić information content (AvgIpc) is 2.87. The summed E-state index contributed by atoms with van der Waals surface area (Å²) in [7, 11) is 0. The van der Waals surface area contributed by atoms with Crippen LogP contribution in [0.1, 0.15) is 12.7 Å². The standard InChI is InChI=1S/C12H21N5O2/c1-2-17-10-14-15-11(17)3-4-13-12(18)9-16-5-7-19-8-6-16/h10H,2-9H2,1H3,(H,13,18). The maximum Gasteiger partial charge on any atom is 0.234 e. The highest BCUT2D eigenvalue weighted by molar-refractivity contribution is 5.78. The highest BCUT2D eigenvalue weighted by Gasteiger charge is 2.13. The van der Waals surface area contributed by atoms with Crippen LogP contribution in [0.15, 0.2) is 6.33 Å². The number of carbonyl (C=O) groups excluding carboxylic acids is 1. The van der Waals surface area contributed by atoms with Crippen LogP contribution in [0.25, 0.3) is 0 Å². The lowest BCUT2D eigenvalue weighted by molar-refractivity contribution is -0.123. The van der Waals surface area contributed by atoms with E-state index in [1.54, 1.807) is 6.33 Å². The number of aryl methyl sites for hydroxylation is 1. The lowest BCUT2D eigenvalue weighted by atomic mass is 10.3. The molecule has 7 heteroatoms. The molecular formula is C12H21N5O2. The maximum atomic E-state index is 11.8. The van der Waals surface area contributed by atoms with E-state index in [1.807, 2.05) is 11.5 Å². The lowest BCUT2D eigenvalue weighted by Gasteiger charge is -2.25. The van der Waals surface area contributed by atoms with Gasteiger partial charge in [0.1, 0.15) is 12.2 Å². The summed E-state index contributed by atoms with van der Waals surface area (Å²) in [5.74, 6) is 0.971. The number of amides is 1. The topological polar surface area (TPSA) is 72.3 Å². The monoisotopic (exact) mass is 267 g/mol. The van der Waals surface area contributed by atoms with Gasteiger partial charge in [0.05, 0.1) is 19.8 Å². The molecule has 0 radical (unpaired) electrons. The van der Waals surface area contributed by atoms with Crippen molar-refractivity contribution in [2.75, 3.05) is 39.4 Å². The van der Waals surface area contributed by atoms with Gasteiger partial charge in [-0.25, -0.2) is 0 Å². The number of hydrogen-bond acceptors (Lipinski definition) is 5. The molecule has 1 aromatic heterocycles. The molecular weight excluding hydrogens is 246 g/mol. The third-order valence-electron chi connectivity index (χ3n) is 3.18. The van der Waals surface area contributed by atoms with Crippen LogP contribution in [-0.4, -0.2) is 65.0 Å². The molecule has 1 saturated heterocycles. The summed E-state index contributed by atoms with van der Waals surface area (Å²) >= 11 is 0. The summed E-state index contributed by atoms with van der Waals surface area (Å²) in [6.45, 7) is 7.04. The zero-order chi connectivity index (χ0) is 13.5. The second-order valence-corrected chi connectivity index (χ2v) is 4.52. The Morgan fingerprint density at radius 2 is 2.26 bits per heavy atom. The molecule has 1 N–H and O–H groups in total. The average molecular weight is 267 g/mol. The van der Waals surface area contributed by atoms with Crippen molar-refractivity contribution in [3.8, 4) is 0 Å². The molecule has 0 spiro atoms. The van der Waals surface area contributed by atoms with E-state index in [2.05, 4.69) is 20.4 Å². The first kappa shape index (κ1) is 14.0. The molecule has 1 fully saturated rings. The van der Waals surface area contributed by atoms with Crippen LogP contribution in [0, 0.1) is 0 Å². The van der Waals surface area contributed by atoms with Crippen molar-refractivity contribution in [1.82, 2.24) is 25.0 Å². The van der Waals surface area contributed by atoms with Crippen molar-refractivity contribution >= 4 is 5.91 Å². The third-order valence-corrected chi connectivity index (χ3v) is 3.18. The van der Waals surface area contributed by atoms with E-state index in [9.17, 15) is 4.79 Å². The Bertz CT molecular complexity index is 401. The van der Waals surface area contributed by atoms with Crippen LogP contribution in [0.2, 0.25) is 0 Å². The molecule has 7 nitrogen and oxygen atoms in total. The highest BCUT2D eigenvalue weighted by atomic mass is 16.5. The first-order valence-electron chi connectivity index (χ1n) is 6.73. The first-order valence-corrected chi connectivity index (χ1v) is 6.73. The fraction of sp³-hybridized carbons (Fsp3) is 0.750. The zero-order valence-electron chi connectivity index (χ0n) is 11.3. The van der Waals surface area contributed by atoms with Gasteiger partial charge >= 0.3 is 0 Å². The molecule has 1 amide bonds. The molecule has 0 aromatic carbocycles. The van der Waals surface area contributed by atoms with Crippen molar-refractivity contribution in [2.45, 2.75) is 19.9 Å². The van der Waals surface area contributed by atoms with Crippen molar-refractivity contribution in [1.29, 1.82) is 0 Å². The Hall–Kier alpha value is -1.47. The number of rotatable bonds is 6. The SMILES string of the molecule is CCn1cnnc1CCNC(=O)CN1CCOCC1. The summed E-state index contributed by atoms with van der Waals surface area (Å²) < 4.78 is 7.23. The van der Waals surface area contributed by atoms with Crippen LogP contribution in [-0.2, 0) is 22.5 Å². The molecule has 1 aromatic rings. The summed E-state index contributed by atoms with van der Waals surface area (Å²) in [6, 6.07) is 0. The normalized spacial score (nSPS) is 16.5. The molecule has 1 aliphatic rings. The Morgan fingerprint density at radius 1 is 1.47 bits per heavy atom. The van der Waals surface area contributed by atoms with E-state index >= 15 is 0 Å². The van der Waals surface area contributed by atoms with Gasteiger partial charge in [-0.1, -0.05) is 0 Å². The van der Waals surface area contributed by atoms with Gasteiger partial charge in [0, 0.05) is 32.6 Å². The van der Waals surface area contributed by atoms with Gasteiger partial charge in [-0.05, 0) is 6.92 Å². The fourth-order valence-electron chi connectivity index (χ4n) is 2.07. The van der Waals surface area contributed by atoms with Crippen molar-refractivity contribution in [3.05, 3.63) is 12.2 Å². The highest BCUT2D eigenvalue weighted by Crippen LogP contribution is 1.97. The van der Waals surface area contributed by atoms with Gasteiger partial charge in [0.2, 0.25) is 5.91 Å². The zero-order valence-corrected chi connectivity index (χ0v) is 11.3. The number of hydrogen-bond donors (Lipinski definition) is 1. The van der Waals surface area contributed by atoms with Gasteiger partial charge in [-0.15, -0.1) is 10.2 Å². The minimum absolute atomic E-state index is 0.0597. The Morgan fingerprint density at radius 3 is 3.00 bits per heavy atom. The van der Waals surface area contributed by atoms with Gasteiger partial charge in [0.25, 0.3) is 0 Å². The maximum absolute atomic E-state index is 11.8. The summed E-state index contributed by atoms with van der Waals surface area (Å²) in [5.41, 5.74) is 0. The van der Waals surface area contributed by atoms with Crippen LogP contribution in [0.4, 0.5) is 0 Å². The molecule has 0 bridgehead atoms. The van der Waals surface area contributed by atoms with E-state index in [4.69, 9.17) is 4.74 Å². The quantitative estimate of drug-likeness (QED) is 0.737. The minimum atomic E-state index is 0.0597. The van der Waals surface area contributed by atoms with Crippen LogP contribution >= 0.6 is 0 Å². The number of morpholine rings is 1. The molecule has 0 atom stereocenters. The largest absolute Gasteiger partial charge is 0.379 e. The molecule has 0 saturated carbocycles. The smallest absolute Gasteiger partial charge is 0.234 e. The summed E-state index contributed by atoms with van der Waals surface area (Å²) in [4.78, 5) is 13.9. The van der Waals surface area contributed by atoms with E-state index in [0.29, 0.717) is 32.7 Å². The Labute approximate surface area is 112 Å². The number of nitrogens with zero attached hydrogens (tertiary/aromatic N) is 4. The van der Waals surface area contributed by atoms with Crippen LogP contribution < -0.4 is 5.32 Å². The molecule has 0 aliphatic carbocycles. The molecule has 0 unspecified atom stereocenters. The predicted octanol–water partition coefficient (Wildman–Crippen LogP) is -0.711. The van der Waals surface area contributed by atoms with Crippen molar-refractivity contribution < 1.29 is 9.53 Å². The van der Waals surface area contributed by atoms with Crippen LogP contribution in [0.5, 0.6) is 0 Å². The Kier molecular flexibility index (Phi) is 5.29. The number of nitrogens with one attached hydrogen (secondary N) is 1. The third kappa shape index (κ3) is 4.29. The molecule has 2 heterocycles. The van der Waals surface area contributed by atoms with E-state index in [0.717, 1.165) is 25.5 Å². The molecule has 1 aliphatic heterocycles. The summed E-state index contributed by atoms with van der Waals surface area (Å²) in [6.07, 6.45) is 2.42. The second kappa shape index (κ2) is 7.20. The Balaban J connectivity index is 1.66. The van der Waals surface area contributed by atoms with Crippen LogP contribution in [0.3, 0.4) is 0 Å². The van der Waals surface area contributed by atoms with Gasteiger partial charge in [-0.3, -0.25) is 9.69 Å². The molecule has 19 heavy (non-hydrogen) atoms. The lowest BCUT2D eigenvalue weighted by Crippen LogP contribution is -2.43. The fourth-order valence-corrected chi connectivity index (χ4v) is 2.07. The number of ether oxygens (including phenoxy) is 1. The summed E-state index contributed by atoms with van der Waals surface area (Å²) in [5, 5.41) is 10.8. The van der Waals surface area contributed by atoms with Crippen molar-refractivity contribution in [3.63, 3.8) is 0 Å². The van der Waals surface area contributed by atoms with Gasteiger partial charge in [-0.2, -0.15) is 0 Å². The molecule has 2 rings (SSSR count). The van der Waals surface area contributed by atoms with Crippen molar-refractivity contribution in [2.24, 2.45) is 0 Å². The minimum Gasteiger partial charge on any atom is -0.379 e.